The molecule has 0 rings (SSSR count). The summed E-state index contributed by atoms with van der Waals surface area (Å²) in [6.45, 7) is 4.14. The molecule has 0 saturated heterocycles. The molecule has 5 heteroatoms. The van der Waals surface area contributed by atoms with Crippen molar-refractivity contribution in [3.05, 3.63) is 0 Å². The lowest BCUT2D eigenvalue weighted by Crippen LogP contribution is -2.41. The maximum atomic E-state index is 12.2. The predicted molar refractivity (Wildman–Crippen MR) is 67.5 cm³/mol. The minimum absolute atomic E-state index is 0.167. The monoisotopic (exact) mass is 254 g/mol. The first-order valence-corrected chi connectivity index (χ1v) is 6.21. The first kappa shape index (κ1) is 16.4. The van der Waals surface area contributed by atoms with Crippen LogP contribution in [0.2, 0.25) is 0 Å². The number of hydrogen-bond acceptors (Lipinski definition) is 4. The van der Waals surface area contributed by atoms with Crippen molar-refractivity contribution in [3.63, 3.8) is 0 Å². The predicted octanol–water partition coefficient (Wildman–Crippen LogP) is 1.73. The molecule has 0 aliphatic heterocycles. The highest BCUT2D eigenvalue weighted by molar-refractivity contribution is 5.85. The van der Waals surface area contributed by atoms with Gasteiger partial charge in [0.05, 0.1) is 13.2 Å². The molecule has 0 spiro atoms. The van der Waals surface area contributed by atoms with Gasteiger partial charge >= 0.3 is 5.97 Å². The minimum Gasteiger partial charge on any atom is -0.469 e. The molecule has 102 valence electrons. The molecule has 0 aliphatic rings. The van der Waals surface area contributed by atoms with E-state index < -0.39 is 5.41 Å². The van der Waals surface area contributed by atoms with Crippen molar-refractivity contribution in [1.29, 1.82) is 5.26 Å². The second-order valence-corrected chi connectivity index (χ2v) is 4.31. The Morgan fingerprint density at radius 3 is 2.28 bits per heavy atom. The van der Waals surface area contributed by atoms with Crippen LogP contribution in [0.15, 0.2) is 0 Å². The van der Waals surface area contributed by atoms with Crippen LogP contribution in [0.4, 0.5) is 0 Å². The Hall–Kier alpha value is -1.57. The summed E-state index contributed by atoms with van der Waals surface area (Å²) in [5.41, 5.74) is -0.931. The smallest absolute Gasteiger partial charge is 0.305 e. The minimum atomic E-state index is -0.931. The van der Waals surface area contributed by atoms with E-state index >= 15 is 0 Å². The quantitative estimate of drug-likeness (QED) is 0.649. The third kappa shape index (κ3) is 4.02. The number of esters is 1. The van der Waals surface area contributed by atoms with Gasteiger partial charge in [0.25, 0.3) is 0 Å². The Morgan fingerprint density at radius 1 is 1.33 bits per heavy atom. The Kier molecular flexibility index (Phi) is 7.03. The molecule has 5 nitrogen and oxygen atoms in total. The molecule has 0 aromatic carbocycles. The molecule has 0 N–H and O–H groups in total. The number of hydrogen-bond donors (Lipinski definition) is 0. The molecular weight excluding hydrogens is 232 g/mol. The van der Waals surface area contributed by atoms with Gasteiger partial charge in [-0.25, -0.2) is 0 Å². The van der Waals surface area contributed by atoms with E-state index in [1.54, 1.807) is 7.05 Å². The summed E-state index contributed by atoms with van der Waals surface area (Å²) < 4.78 is 4.53. The zero-order chi connectivity index (χ0) is 14.2. The fourth-order valence-electron chi connectivity index (χ4n) is 1.79. The van der Waals surface area contributed by atoms with Crippen LogP contribution in [0.1, 0.15) is 39.5 Å². The van der Waals surface area contributed by atoms with Crippen LogP contribution in [0, 0.1) is 16.7 Å². The van der Waals surface area contributed by atoms with E-state index in [1.807, 2.05) is 13.8 Å². The van der Waals surface area contributed by atoms with Gasteiger partial charge in [-0.15, -0.1) is 0 Å². The Morgan fingerprint density at radius 2 is 1.89 bits per heavy atom. The molecule has 0 fully saturated rings. The molecule has 18 heavy (non-hydrogen) atoms. The van der Waals surface area contributed by atoms with Gasteiger partial charge in [0.1, 0.15) is 5.41 Å². The van der Waals surface area contributed by atoms with E-state index in [0.29, 0.717) is 25.8 Å². The van der Waals surface area contributed by atoms with Gasteiger partial charge < -0.3 is 9.64 Å². The largest absolute Gasteiger partial charge is 0.469 e. The van der Waals surface area contributed by atoms with Crippen molar-refractivity contribution in [2.24, 2.45) is 5.41 Å². The summed E-state index contributed by atoms with van der Waals surface area (Å²) >= 11 is 0. The summed E-state index contributed by atoms with van der Waals surface area (Å²) in [7, 11) is 3.00. The first-order chi connectivity index (χ1) is 8.47. The van der Waals surface area contributed by atoms with E-state index in [0.717, 1.165) is 0 Å². The average molecular weight is 254 g/mol. The highest BCUT2D eigenvalue weighted by Crippen LogP contribution is 2.27. The summed E-state index contributed by atoms with van der Waals surface area (Å²) in [5.74, 6) is -0.451. The van der Waals surface area contributed by atoms with Crippen molar-refractivity contribution in [2.75, 3.05) is 20.7 Å². The average Bonchev–Trinajstić information content (AvgIpc) is 2.40. The maximum absolute atomic E-state index is 12.2. The second kappa shape index (κ2) is 7.70. The van der Waals surface area contributed by atoms with Crippen LogP contribution < -0.4 is 0 Å². The van der Waals surface area contributed by atoms with E-state index in [4.69, 9.17) is 0 Å². The summed E-state index contributed by atoms with van der Waals surface area (Å²) in [4.78, 5) is 24.7. The van der Waals surface area contributed by atoms with Crippen LogP contribution in [0.25, 0.3) is 0 Å². The van der Waals surface area contributed by atoms with Gasteiger partial charge in [-0.2, -0.15) is 5.26 Å². The first-order valence-electron chi connectivity index (χ1n) is 6.21. The Bertz CT molecular complexity index is 330. The molecule has 0 aromatic rings. The molecule has 0 aliphatic carbocycles. The standard InChI is InChI=1S/C13H22N2O3/c1-5-13(6-2,10-14)12(17)15(3)9-7-8-11(16)18-4/h5-9H2,1-4H3. The van der Waals surface area contributed by atoms with Gasteiger partial charge in [-0.1, -0.05) is 13.8 Å². The lowest BCUT2D eigenvalue weighted by atomic mass is 9.82. The third-order valence-corrected chi connectivity index (χ3v) is 3.28. The molecule has 0 unspecified atom stereocenters. The highest BCUT2D eigenvalue weighted by atomic mass is 16.5. The van der Waals surface area contributed by atoms with E-state index in [-0.39, 0.29) is 18.3 Å². The normalized spacial score (nSPS) is 10.6. The molecule has 0 bridgehead atoms. The molecule has 0 heterocycles. The number of rotatable bonds is 7. The SMILES string of the molecule is CCC(C#N)(CC)C(=O)N(C)CCCC(=O)OC. The number of nitriles is 1. The summed E-state index contributed by atoms with van der Waals surface area (Å²) in [6, 6.07) is 2.12. The van der Waals surface area contributed by atoms with Crippen molar-refractivity contribution < 1.29 is 14.3 Å². The zero-order valence-corrected chi connectivity index (χ0v) is 11.7. The Labute approximate surface area is 109 Å². The fraction of sp³-hybridized carbons (Fsp3) is 0.769. The van der Waals surface area contributed by atoms with Gasteiger partial charge in [0.2, 0.25) is 5.91 Å². The molecular formula is C13H22N2O3. The van der Waals surface area contributed by atoms with Crippen LogP contribution in [0.3, 0.4) is 0 Å². The number of carbonyl (C=O) groups is 2. The summed E-state index contributed by atoms with van der Waals surface area (Å²) in [5, 5.41) is 9.18. The van der Waals surface area contributed by atoms with Crippen LogP contribution in [-0.4, -0.2) is 37.5 Å². The number of amides is 1. The summed E-state index contributed by atoms with van der Waals surface area (Å²) in [6.07, 6.45) is 1.83. The topological polar surface area (TPSA) is 70.4 Å². The van der Waals surface area contributed by atoms with E-state index in [9.17, 15) is 14.9 Å². The van der Waals surface area contributed by atoms with Crippen molar-refractivity contribution in [2.45, 2.75) is 39.5 Å². The molecule has 0 saturated carbocycles. The van der Waals surface area contributed by atoms with Crippen molar-refractivity contribution in [1.82, 2.24) is 4.90 Å². The number of methoxy groups -OCH3 is 1. The van der Waals surface area contributed by atoms with Crippen LogP contribution >= 0.6 is 0 Å². The van der Waals surface area contributed by atoms with Gasteiger partial charge in [-0.3, -0.25) is 9.59 Å². The zero-order valence-electron chi connectivity index (χ0n) is 11.7. The maximum Gasteiger partial charge on any atom is 0.305 e. The molecule has 0 radical (unpaired) electrons. The number of ether oxygens (including phenoxy) is 1. The van der Waals surface area contributed by atoms with Crippen LogP contribution in [-0.2, 0) is 14.3 Å². The molecule has 0 aromatic heterocycles. The van der Waals surface area contributed by atoms with Crippen LogP contribution in [0.5, 0.6) is 0 Å². The molecule has 0 atom stereocenters. The van der Waals surface area contributed by atoms with Gasteiger partial charge in [0.15, 0.2) is 0 Å². The fourth-order valence-corrected chi connectivity index (χ4v) is 1.79. The second-order valence-electron chi connectivity index (χ2n) is 4.31. The van der Waals surface area contributed by atoms with E-state index in [2.05, 4.69) is 10.8 Å². The van der Waals surface area contributed by atoms with Crippen molar-refractivity contribution >= 4 is 11.9 Å². The number of nitrogens with zero attached hydrogens (tertiary/aromatic N) is 2. The Balaban J connectivity index is 4.42. The lowest BCUT2D eigenvalue weighted by Gasteiger charge is -2.28. The highest BCUT2D eigenvalue weighted by Gasteiger charge is 2.37. The number of carbonyl (C=O) groups excluding carboxylic acids is 2. The van der Waals surface area contributed by atoms with Gasteiger partial charge in [-0.05, 0) is 19.3 Å². The van der Waals surface area contributed by atoms with E-state index in [1.165, 1.54) is 12.0 Å². The third-order valence-electron chi connectivity index (χ3n) is 3.28. The lowest BCUT2D eigenvalue weighted by molar-refractivity contribution is -0.142. The van der Waals surface area contributed by atoms with Crippen molar-refractivity contribution in [3.8, 4) is 6.07 Å². The molecule has 1 amide bonds. The van der Waals surface area contributed by atoms with Gasteiger partial charge in [0, 0.05) is 20.0 Å².